The van der Waals surface area contributed by atoms with Gasteiger partial charge in [0.25, 0.3) is 0 Å². The van der Waals surface area contributed by atoms with Crippen LogP contribution in [0.5, 0.6) is 0 Å². The van der Waals surface area contributed by atoms with Crippen LogP contribution in [0.1, 0.15) is 0 Å². The summed E-state index contributed by atoms with van der Waals surface area (Å²) < 4.78 is 0. The molecule has 0 saturated carbocycles. The van der Waals surface area contributed by atoms with Crippen LogP contribution in [0, 0.1) is 0 Å². The van der Waals surface area contributed by atoms with Crippen molar-refractivity contribution in [3.05, 3.63) is 67.5 Å². The van der Waals surface area contributed by atoms with Crippen LogP contribution in [0.4, 0.5) is 0 Å². The van der Waals surface area contributed by atoms with Crippen LogP contribution in [0.3, 0.4) is 0 Å². The van der Waals surface area contributed by atoms with Crippen LogP contribution in [0.2, 0.25) is 55.2 Å². The minimum atomic E-state index is -0.00945. The molecule has 1 aromatic heterocycles. The molecular formula is C17H2Cl11N. The maximum Gasteiger partial charge on any atom is 0.0813 e. The molecule has 152 valence electrons. The minimum Gasteiger partial charge on any atom is -0.254 e. The Morgan fingerprint density at radius 2 is 0.793 bits per heavy atom. The van der Waals surface area contributed by atoms with Crippen LogP contribution >= 0.6 is 128 Å². The first kappa shape index (κ1) is 24.4. The minimum absolute atomic E-state index is 0.00253. The summed E-state index contributed by atoms with van der Waals surface area (Å²) in [5.41, 5.74) is 0.926. The van der Waals surface area contributed by atoms with Gasteiger partial charge in [-0.1, -0.05) is 128 Å². The summed E-state index contributed by atoms with van der Waals surface area (Å²) in [4.78, 5) is 4.32. The normalized spacial score (nSPS) is 11.3. The van der Waals surface area contributed by atoms with Gasteiger partial charge in [0.1, 0.15) is 0 Å². The van der Waals surface area contributed by atoms with Crippen LogP contribution < -0.4 is 0 Å². The van der Waals surface area contributed by atoms with E-state index in [-0.39, 0.29) is 72.1 Å². The molecule has 0 aliphatic rings. The molecule has 0 N–H and O–H groups in total. The largest absolute Gasteiger partial charge is 0.254 e. The van der Waals surface area contributed by atoms with Gasteiger partial charge in [-0.3, -0.25) is 4.98 Å². The third-order valence-electron chi connectivity index (χ3n) is 3.78. The van der Waals surface area contributed by atoms with Gasteiger partial charge in [0.2, 0.25) is 0 Å². The van der Waals surface area contributed by atoms with E-state index in [1.165, 1.54) is 12.3 Å². The second kappa shape index (κ2) is 9.33. The Bertz CT molecular complexity index is 1120. The third kappa shape index (κ3) is 4.24. The van der Waals surface area contributed by atoms with E-state index in [2.05, 4.69) is 4.98 Å². The van der Waals surface area contributed by atoms with E-state index in [1.807, 2.05) is 0 Å². The second-order valence-electron chi connectivity index (χ2n) is 5.44. The van der Waals surface area contributed by atoms with Crippen molar-refractivity contribution in [1.82, 2.24) is 4.98 Å². The highest BCUT2D eigenvalue weighted by Gasteiger charge is 2.27. The molecule has 0 radical (unpaired) electrons. The Morgan fingerprint density at radius 1 is 0.448 bits per heavy atom. The van der Waals surface area contributed by atoms with E-state index in [0.717, 1.165) is 0 Å². The van der Waals surface area contributed by atoms with Crippen molar-refractivity contribution in [3.8, 4) is 22.4 Å². The first-order valence-corrected chi connectivity index (χ1v) is 11.3. The molecule has 12 heteroatoms. The smallest absolute Gasteiger partial charge is 0.0813 e. The molecule has 1 nitrogen and oxygen atoms in total. The van der Waals surface area contributed by atoms with Gasteiger partial charge >= 0.3 is 0 Å². The van der Waals surface area contributed by atoms with E-state index in [9.17, 15) is 0 Å². The Kier molecular flexibility index (Phi) is 7.86. The highest BCUT2D eigenvalue weighted by molar-refractivity contribution is 6.58. The lowest BCUT2D eigenvalue weighted by Gasteiger charge is -2.18. The van der Waals surface area contributed by atoms with Gasteiger partial charge < -0.3 is 0 Å². The molecule has 3 rings (SSSR count). The standard InChI is InChI=1S/C17H2Cl11N/c18-3-1-4(5-7(19)11(23)15(27)12(24)8(5)20)17(29-2-3)6-9(21)13(25)16(28)14(26)10(6)22/h1-2H. The van der Waals surface area contributed by atoms with E-state index in [0.29, 0.717) is 5.56 Å². The molecule has 0 fully saturated rings. The van der Waals surface area contributed by atoms with Gasteiger partial charge in [-0.25, -0.2) is 0 Å². The number of hydrogen-bond acceptors (Lipinski definition) is 1. The van der Waals surface area contributed by atoms with Gasteiger partial charge in [0.15, 0.2) is 0 Å². The number of halogens is 11. The second-order valence-corrected chi connectivity index (χ2v) is 9.66. The average Bonchev–Trinajstić information content (AvgIpc) is 2.69. The SMILES string of the molecule is Clc1cnc(-c2c(Cl)c(Cl)c(Cl)c(Cl)c2Cl)c(-c2c(Cl)c(Cl)c(Cl)c(Cl)c2Cl)c1. The van der Waals surface area contributed by atoms with Crippen LogP contribution in [0.25, 0.3) is 22.4 Å². The molecule has 0 bridgehead atoms. The Labute approximate surface area is 220 Å². The van der Waals surface area contributed by atoms with E-state index < -0.39 is 0 Å². The Hall–Kier alpha value is 0.780. The molecule has 0 aliphatic carbocycles. The van der Waals surface area contributed by atoms with Crippen molar-refractivity contribution in [2.45, 2.75) is 0 Å². The van der Waals surface area contributed by atoms with Gasteiger partial charge in [-0.15, -0.1) is 0 Å². The molecule has 0 spiro atoms. The topological polar surface area (TPSA) is 12.9 Å². The number of pyridine rings is 1. The number of nitrogens with zero attached hydrogens (tertiary/aromatic N) is 1. The highest BCUT2D eigenvalue weighted by Crippen LogP contribution is 2.53. The molecule has 3 aromatic rings. The van der Waals surface area contributed by atoms with E-state index in [4.69, 9.17) is 128 Å². The van der Waals surface area contributed by atoms with E-state index >= 15 is 0 Å². The van der Waals surface area contributed by atoms with Crippen molar-refractivity contribution in [3.63, 3.8) is 0 Å². The van der Waals surface area contributed by atoms with Gasteiger partial charge in [0, 0.05) is 22.9 Å². The molecule has 0 amide bonds. The quantitative estimate of drug-likeness (QED) is 0.208. The molecule has 2 aromatic carbocycles. The number of benzene rings is 2. The highest BCUT2D eigenvalue weighted by atomic mass is 35.5. The van der Waals surface area contributed by atoms with Gasteiger partial charge in [-0.2, -0.15) is 0 Å². The summed E-state index contributed by atoms with van der Waals surface area (Å²) in [5.74, 6) is 0. The maximum atomic E-state index is 6.42. The van der Waals surface area contributed by atoms with Crippen molar-refractivity contribution in [2.24, 2.45) is 0 Å². The zero-order valence-electron chi connectivity index (χ0n) is 13.3. The predicted octanol–water partition coefficient (Wildman–Crippen LogP) is 11.6. The maximum absolute atomic E-state index is 6.42. The van der Waals surface area contributed by atoms with Gasteiger partial charge in [-0.05, 0) is 6.07 Å². The van der Waals surface area contributed by atoms with E-state index in [1.54, 1.807) is 0 Å². The molecule has 1 heterocycles. The molecule has 0 unspecified atom stereocenters. The summed E-state index contributed by atoms with van der Waals surface area (Å²) in [6.07, 6.45) is 1.37. The summed E-state index contributed by atoms with van der Waals surface area (Å²) in [7, 11) is 0. The molecule has 0 aliphatic heterocycles. The first-order valence-electron chi connectivity index (χ1n) is 7.18. The fourth-order valence-corrected chi connectivity index (χ4v) is 5.30. The molecule has 29 heavy (non-hydrogen) atoms. The number of aromatic nitrogens is 1. The van der Waals surface area contributed by atoms with Gasteiger partial charge in [0.05, 0.1) is 60.9 Å². The molecule has 0 atom stereocenters. The Morgan fingerprint density at radius 3 is 1.21 bits per heavy atom. The fourth-order valence-electron chi connectivity index (χ4n) is 2.48. The van der Waals surface area contributed by atoms with Crippen molar-refractivity contribution in [2.75, 3.05) is 0 Å². The molecule has 0 saturated heterocycles. The lowest BCUT2D eigenvalue weighted by molar-refractivity contribution is 1.32. The summed E-state index contributed by atoms with van der Waals surface area (Å²) >= 11 is 68.8. The zero-order valence-corrected chi connectivity index (χ0v) is 21.6. The van der Waals surface area contributed by atoms with Crippen LogP contribution in [-0.4, -0.2) is 4.98 Å². The molecular weight excluding hydrogens is 608 g/mol. The van der Waals surface area contributed by atoms with Crippen molar-refractivity contribution >= 4 is 128 Å². The summed E-state index contributed by atoms with van der Waals surface area (Å²) in [6, 6.07) is 1.53. The first-order chi connectivity index (χ1) is 13.5. The number of rotatable bonds is 2. The number of hydrogen-bond donors (Lipinski definition) is 0. The summed E-state index contributed by atoms with van der Waals surface area (Å²) in [5, 5.41) is 0.297. The van der Waals surface area contributed by atoms with Crippen LogP contribution in [-0.2, 0) is 0 Å². The predicted molar refractivity (Wildman–Crippen MR) is 130 cm³/mol. The zero-order chi connectivity index (χ0) is 21.8. The lowest BCUT2D eigenvalue weighted by Crippen LogP contribution is -1.96. The summed E-state index contributed by atoms with van der Waals surface area (Å²) in [6.45, 7) is 0. The lowest BCUT2D eigenvalue weighted by atomic mass is 9.98. The Balaban J connectivity index is 2.50. The van der Waals surface area contributed by atoms with Crippen molar-refractivity contribution < 1.29 is 0 Å². The monoisotopic (exact) mass is 605 g/mol. The van der Waals surface area contributed by atoms with Crippen molar-refractivity contribution in [1.29, 1.82) is 0 Å². The fraction of sp³-hybridized carbons (Fsp3) is 0. The third-order valence-corrected chi connectivity index (χ3v) is 8.54. The average molecular weight is 610 g/mol. The van der Waals surface area contributed by atoms with Crippen LogP contribution in [0.15, 0.2) is 12.3 Å².